The van der Waals surface area contributed by atoms with Crippen LogP contribution in [0.3, 0.4) is 0 Å². The number of benzene rings is 1. The third-order valence-electron chi connectivity index (χ3n) is 2.10. The zero-order valence-corrected chi connectivity index (χ0v) is 10.0. The summed E-state index contributed by atoms with van der Waals surface area (Å²) in [6, 6.07) is 11.4. The molecule has 2 N–H and O–H groups in total. The van der Waals surface area contributed by atoms with Crippen LogP contribution in [0.1, 0.15) is 5.56 Å². The number of aromatic nitrogens is 1. The van der Waals surface area contributed by atoms with E-state index in [2.05, 4.69) is 26.2 Å². The van der Waals surface area contributed by atoms with Crippen molar-refractivity contribution in [3.63, 3.8) is 0 Å². The van der Waals surface area contributed by atoms with E-state index < -0.39 is 0 Å². The molecule has 0 saturated carbocycles. The molecule has 80 valence electrons. The topological polar surface area (TPSA) is 48.8 Å². The summed E-state index contributed by atoms with van der Waals surface area (Å²) in [6.45, 7) is 0. The minimum Gasteiger partial charge on any atom is -0.340 e. The van der Waals surface area contributed by atoms with Crippen LogP contribution >= 0.6 is 15.9 Å². The van der Waals surface area contributed by atoms with Crippen LogP contribution in [0.25, 0.3) is 0 Å². The molecular formula is C12H10BrN3. The predicted molar refractivity (Wildman–Crippen MR) is 69.5 cm³/mol. The molecule has 0 unspecified atom stereocenters. The molecule has 2 aromatic rings. The molecule has 1 aromatic carbocycles. The van der Waals surface area contributed by atoms with Gasteiger partial charge < -0.3 is 10.7 Å². The van der Waals surface area contributed by atoms with Crippen LogP contribution in [0.5, 0.6) is 0 Å². The molecule has 1 aromatic heterocycles. The molecule has 0 atom stereocenters. The zero-order valence-electron chi connectivity index (χ0n) is 8.44. The van der Waals surface area contributed by atoms with Gasteiger partial charge in [-0.2, -0.15) is 0 Å². The molecule has 0 spiro atoms. The smallest absolute Gasteiger partial charge is 0.130 e. The molecule has 0 aliphatic heterocycles. The van der Waals surface area contributed by atoms with Crippen molar-refractivity contribution in [2.45, 2.75) is 0 Å². The molecule has 1 heterocycles. The van der Waals surface area contributed by atoms with Gasteiger partial charge in [0, 0.05) is 28.1 Å². The van der Waals surface area contributed by atoms with Crippen molar-refractivity contribution in [1.29, 1.82) is 5.41 Å². The van der Waals surface area contributed by atoms with E-state index in [0.717, 1.165) is 21.5 Å². The maximum absolute atomic E-state index is 7.32. The fraction of sp³-hybridized carbons (Fsp3) is 0. The Morgan fingerprint density at radius 2 is 2.12 bits per heavy atom. The van der Waals surface area contributed by atoms with E-state index in [1.165, 1.54) is 6.21 Å². The van der Waals surface area contributed by atoms with E-state index in [1.807, 2.05) is 36.4 Å². The summed E-state index contributed by atoms with van der Waals surface area (Å²) >= 11 is 3.40. The average molecular weight is 276 g/mol. The third-order valence-corrected chi connectivity index (χ3v) is 2.59. The first-order chi connectivity index (χ1) is 7.79. The maximum atomic E-state index is 7.32. The number of nitrogens with one attached hydrogen (secondary N) is 2. The van der Waals surface area contributed by atoms with Crippen LogP contribution < -0.4 is 5.32 Å². The van der Waals surface area contributed by atoms with Gasteiger partial charge in [-0.25, -0.2) is 4.98 Å². The number of pyridine rings is 1. The average Bonchev–Trinajstić information content (AvgIpc) is 2.31. The number of hydrogen-bond acceptors (Lipinski definition) is 3. The second-order valence-electron chi connectivity index (χ2n) is 3.22. The van der Waals surface area contributed by atoms with Gasteiger partial charge in [0.25, 0.3) is 0 Å². The molecule has 0 aliphatic carbocycles. The van der Waals surface area contributed by atoms with Gasteiger partial charge in [-0.05, 0) is 24.3 Å². The minimum atomic E-state index is 0.767. The fourth-order valence-electron chi connectivity index (χ4n) is 1.34. The van der Waals surface area contributed by atoms with E-state index in [9.17, 15) is 0 Å². The Hall–Kier alpha value is -1.68. The first-order valence-electron chi connectivity index (χ1n) is 4.77. The van der Waals surface area contributed by atoms with Crippen molar-refractivity contribution in [3.05, 3.63) is 52.6 Å². The van der Waals surface area contributed by atoms with Crippen molar-refractivity contribution in [3.8, 4) is 0 Å². The number of anilines is 2. The second-order valence-corrected chi connectivity index (χ2v) is 4.13. The Kier molecular flexibility index (Phi) is 3.31. The summed E-state index contributed by atoms with van der Waals surface area (Å²) in [5.41, 5.74) is 1.69. The third kappa shape index (κ3) is 2.46. The van der Waals surface area contributed by atoms with Crippen molar-refractivity contribution < 1.29 is 0 Å². The molecule has 3 nitrogen and oxygen atoms in total. The van der Waals surface area contributed by atoms with E-state index in [-0.39, 0.29) is 0 Å². The quantitative estimate of drug-likeness (QED) is 0.842. The Morgan fingerprint density at radius 1 is 1.25 bits per heavy atom. The van der Waals surface area contributed by atoms with Crippen LogP contribution in [0, 0.1) is 5.41 Å². The van der Waals surface area contributed by atoms with Gasteiger partial charge in [-0.3, -0.25) is 0 Å². The fourth-order valence-corrected chi connectivity index (χ4v) is 1.70. The summed E-state index contributed by atoms with van der Waals surface area (Å²) in [7, 11) is 0. The molecule has 2 rings (SSSR count). The molecule has 0 fully saturated rings. The van der Waals surface area contributed by atoms with E-state index >= 15 is 0 Å². The summed E-state index contributed by atoms with van der Waals surface area (Å²) in [4.78, 5) is 4.18. The van der Waals surface area contributed by atoms with Crippen molar-refractivity contribution in [2.75, 3.05) is 5.32 Å². The van der Waals surface area contributed by atoms with Gasteiger partial charge in [-0.1, -0.05) is 28.1 Å². The van der Waals surface area contributed by atoms with E-state index in [0.29, 0.717) is 0 Å². The SMILES string of the molecule is N=Cc1ccc(Br)cc1Nc1ccccn1. The Labute approximate surface area is 102 Å². The van der Waals surface area contributed by atoms with Crippen LogP contribution in [-0.4, -0.2) is 11.2 Å². The molecule has 16 heavy (non-hydrogen) atoms. The highest BCUT2D eigenvalue weighted by Gasteiger charge is 2.01. The number of nitrogens with zero attached hydrogens (tertiary/aromatic N) is 1. The Morgan fingerprint density at radius 3 is 2.81 bits per heavy atom. The highest BCUT2D eigenvalue weighted by molar-refractivity contribution is 9.10. The van der Waals surface area contributed by atoms with Crippen LogP contribution in [-0.2, 0) is 0 Å². The van der Waals surface area contributed by atoms with Crippen molar-refractivity contribution >= 4 is 33.6 Å². The van der Waals surface area contributed by atoms with Gasteiger partial charge in [0.1, 0.15) is 5.82 Å². The molecule has 0 bridgehead atoms. The summed E-state index contributed by atoms with van der Waals surface area (Å²) in [5.74, 6) is 0.767. The van der Waals surface area contributed by atoms with Crippen molar-refractivity contribution in [1.82, 2.24) is 4.98 Å². The normalized spacial score (nSPS) is 9.81. The van der Waals surface area contributed by atoms with Gasteiger partial charge in [0.05, 0.1) is 0 Å². The molecule has 0 saturated heterocycles. The highest BCUT2D eigenvalue weighted by atomic mass is 79.9. The van der Waals surface area contributed by atoms with Gasteiger partial charge in [0.2, 0.25) is 0 Å². The molecule has 0 aliphatic rings. The molecule has 0 radical (unpaired) electrons. The van der Waals surface area contributed by atoms with Gasteiger partial charge in [-0.15, -0.1) is 0 Å². The first-order valence-corrected chi connectivity index (χ1v) is 5.57. The van der Waals surface area contributed by atoms with Crippen LogP contribution in [0.15, 0.2) is 47.1 Å². The van der Waals surface area contributed by atoms with E-state index in [4.69, 9.17) is 5.41 Å². The lowest BCUT2D eigenvalue weighted by Crippen LogP contribution is -1.96. The maximum Gasteiger partial charge on any atom is 0.130 e. The number of hydrogen-bond donors (Lipinski definition) is 2. The van der Waals surface area contributed by atoms with Gasteiger partial charge in [0.15, 0.2) is 0 Å². The molecule has 4 heteroatoms. The summed E-state index contributed by atoms with van der Waals surface area (Å²) in [5, 5.41) is 10.5. The number of rotatable bonds is 3. The highest BCUT2D eigenvalue weighted by Crippen LogP contribution is 2.22. The number of halogens is 1. The summed E-state index contributed by atoms with van der Waals surface area (Å²) < 4.78 is 0.969. The zero-order chi connectivity index (χ0) is 11.4. The Bertz CT molecular complexity index is 497. The minimum absolute atomic E-state index is 0.767. The van der Waals surface area contributed by atoms with Gasteiger partial charge >= 0.3 is 0 Å². The van der Waals surface area contributed by atoms with Crippen molar-refractivity contribution in [2.24, 2.45) is 0 Å². The Balaban J connectivity index is 2.33. The summed E-state index contributed by atoms with van der Waals surface area (Å²) in [6.07, 6.45) is 3.04. The standard InChI is InChI=1S/C12H10BrN3/c13-10-5-4-9(8-14)11(7-10)16-12-3-1-2-6-15-12/h1-8,14H,(H,15,16). The van der Waals surface area contributed by atoms with E-state index in [1.54, 1.807) is 6.20 Å². The lowest BCUT2D eigenvalue weighted by atomic mass is 10.2. The van der Waals surface area contributed by atoms with Crippen LogP contribution in [0.2, 0.25) is 0 Å². The monoisotopic (exact) mass is 275 g/mol. The molecule has 0 amide bonds. The van der Waals surface area contributed by atoms with Crippen LogP contribution in [0.4, 0.5) is 11.5 Å². The predicted octanol–water partition coefficient (Wildman–Crippen LogP) is 3.59. The lowest BCUT2D eigenvalue weighted by Gasteiger charge is -2.08. The largest absolute Gasteiger partial charge is 0.340 e. The second kappa shape index (κ2) is 4.90. The lowest BCUT2D eigenvalue weighted by molar-refractivity contribution is 1.31. The molecular weight excluding hydrogens is 266 g/mol. The first kappa shape index (κ1) is 10.8.